The number of carbonyl (C=O) groups is 1. The number of aryl methyl sites for hydroxylation is 3. The summed E-state index contributed by atoms with van der Waals surface area (Å²) in [4.78, 5) is 25.9. The maximum absolute atomic E-state index is 13.2. The number of hydrogen-bond acceptors (Lipinski definition) is 3. The van der Waals surface area contributed by atoms with Crippen LogP contribution in [0.4, 0.5) is 0 Å². The van der Waals surface area contributed by atoms with Crippen molar-refractivity contribution < 1.29 is 4.79 Å². The molecule has 1 atom stereocenters. The molecule has 0 spiro atoms. The maximum atomic E-state index is 13.2. The van der Waals surface area contributed by atoms with E-state index in [-0.39, 0.29) is 24.1 Å². The van der Waals surface area contributed by atoms with Gasteiger partial charge < -0.3 is 9.88 Å². The summed E-state index contributed by atoms with van der Waals surface area (Å²) in [6.45, 7) is 6.42. The summed E-state index contributed by atoms with van der Waals surface area (Å²) in [7, 11) is 0. The van der Waals surface area contributed by atoms with E-state index in [9.17, 15) is 9.59 Å². The zero-order chi connectivity index (χ0) is 24.2. The van der Waals surface area contributed by atoms with E-state index < -0.39 is 0 Å². The van der Waals surface area contributed by atoms with Gasteiger partial charge in [0, 0.05) is 34.4 Å². The quantitative estimate of drug-likeness (QED) is 0.402. The van der Waals surface area contributed by atoms with Crippen LogP contribution in [0.25, 0.3) is 10.8 Å². The molecule has 2 heterocycles. The lowest BCUT2D eigenvalue weighted by Gasteiger charge is -2.14. The van der Waals surface area contributed by atoms with Gasteiger partial charge in [-0.1, -0.05) is 54.1 Å². The van der Waals surface area contributed by atoms with Crippen molar-refractivity contribution in [2.24, 2.45) is 0 Å². The summed E-state index contributed by atoms with van der Waals surface area (Å²) in [5.41, 5.74) is 3.91. The molecule has 1 N–H and O–H groups in total. The fourth-order valence-electron chi connectivity index (χ4n) is 4.32. The van der Waals surface area contributed by atoms with Crippen molar-refractivity contribution in [2.45, 2.75) is 52.7 Å². The Hall–Kier alpha value is -3.38. The fraction of sp³-hybridized carbons (Fsp3) is 0.296. The first-order valence-electron chi connectivity index (χ1n) is 11.5. The number of carbonyl (C=O) groups excluding carboxylic acids is 1. The van der Waals surface area contributed by atoms with Gasteiger partial charge in [-0.15, -0.1) is 0 Å². The lowest BCUT2D eigenvalue weighted by atomic mass is 10.1. The molecule has 6 nitrogen and oxygen atoms in total. The number of aromatic nitrogens is 3. The van der Waals surface area contributed by atoms with Gasteiger partial charge in [0.2, 0.25) is 5.91 Å². The Labute approximate surface area is 204 Å². The number of amides is 1. The van der Waals surface area contributed by atoms with Crippen LogP contribution in [0.3, 0.4) is 0 Å². The summed E-state index contributed by atoms with van der Waals surface area (Å²) in [6.07, 6.45) is 3.39. The first-order chi connectivity index (χ1) is 16.3. The van der Waals surface area contributed by atoms with Crippen LogP contribution in [0.2, 0.25) is 5.02 Å². The van der Waals surface area contributed by atoms with Crippen molar-refractivity contribution in [3.05, 3.63) is 98.7 Å². The number of fused-ring (bicyclic) bond motifs is 1. The second-order valence-corrected chi connectivity index (χ2v) is 9.21. The Kier molecular flexibility index (Phi) is 7.17. The van der Waals surface area contributed by atoms with Crippen LogP contribution >= 0.6 is 11.6 Å². The molecule has 0 saturated carbocycles. The minimum atomic E-state index is -0.250. The van der Waals surface area contributed by atoms with Crippen molar-refractivity contribution in [1.82, 2.24) is 19.7 Å². The lowest BCUT2D eigenvalue weighted by Crippen LogP contribution is -2.38. The van der Waals surface area contributed by atoms with Crippen molar-refractivity contribution in [3.8, 4) is 0 Å². The van der Waals surface area contributed by atoms with E-state index in [1.807, 2.05) is 63.2 Å². The third-order valence-electron chi connectivity index (χ3n) is 6.27. The van der Waals surface area contributed by atoms with Gasteiger partial charge in [-0.3, -0.25) is 9.59 Å². The molecule has 7 heteroatoms. The molecule has 1 amide bonds. The highest BCUT2D eigenvalue weighted by Crippen LogP contribution is 2.23. The highest BCUT2D eigenvalue weighted by atomic mass is 35.5. The van der Waals surface area contributed by atoms with Crippen LogP contribution in [-0.4, -0.2) is 26.3 Å². The van der Waals surface area contributed by atoms with Gasteiger partial charge in [-0.05, 0) is 56.9 Å². The molecule has 0 fully saturated rings. The molecule has 0 aliphatic heterocycles. The van der Waals surface area contributed by atoms with Gasteiger partial charge in [0.15, 0.2) is 0 Å². The van der Waals surface area contributed by atoms with Gasteiger partial charge in [0.1, 0.15) is 6.54 Å². The second kappa shape index (κ2) is 10.3. The highest BCUT2D eigenvalue weighted by Gasteiger charge is 2.18. The Morgan fingerprint density at radius 3 is 2.44 bits per heavy atom. The molecule has 0 unspecified atom stereocenters. The zero-order valence-electron chi connectivity index (χ0n) is 19.7. The minimum absolute atomic E-state index is 0.00317. The van der Waals surface area contributed by atoms with E-state index in [1.54, 1.807) is 6.20 Å². The molecule has 176 valence electrons. The largest absolute Gasteiger partial charge is 0.352 e. The molecule has 4 aromatic rings. The number of rotatable bonds is 8. The van der Waals surface area contributed by atoms with Crippen molar-refractivity contribution in [2.75, 3.05) is 0 Å². The lowest BCUT2D eigenvalue weighted by molar-refractivity contribution is -0.122. The average Bonchev–Trinajstić information content (AvgIpc) is 3.06. The summed E-state index contributed by atoms with van der Waals surface area (Å²) in [5.74, 6) is -0.218. The first kappa shape index (κ1) is 23.8. The highest BCUT2D eigenvalue weighted by molar-refractivity contribution is 6.30. The molecule has 4 rings (SSSR count). The van der Waals surface area contributed by atoms with Crippen molar-refractivity contribution in [3.63, 3.8) is 0 Å². The molecule has 34 heavy (non-hydrogen) atoms. The monoisotopic (exact) mass is 476 g/mol. The van der Waals surface area contributed by atoms with Gasteiger partial charge in [0.25, 0.3) is 5.56 Å². The van der Waals surface area contributed by atoms with Gasteiger partial charge in [-0.2, -0.15) is 5.10 Å². The SMILES string of the molecule is Cc1c2cnn(CC(=O)N[C@@H](C)CCc3ccccc3)c(=O)c2c(C)n1Cc1ccc(Cl)cc1. The number of halogens is 1. The number of benzene rings is 2. The summed E-state index contributed by atoms with van der Waals surface area (Å²) >= 11 is 6.01. The van der Waals surface area contributed by atoms with Crippen molar-refractivity contribution in [1.29, 1.82) is 0 Å². The summed E-state index contributed by atoms with van der Waals surface area (Å²) < 4.78 is 3.35. The predicted molar refractivity (Wildman–Crippen MR) is 136 cm³/mol. The van der Waals surface area contributed by atoms with E-state index in [0.717, 1.165) is 35.2 Å². The molecule has 2 aromatic heterocycles. The van der Waals surface area contributed by atoms with E-state index in [2.05, 4.69) is 27.1 Å². The summed E-state index contributed by atoms with van der Waals surface area (Å²) in [5, 5.41) is 9.38. The van der Waals surface area contributed by atoms with E-state index in [1.165, 1.54) is 10.2 Å². The van der Waals surface area contributed by atoms with Crippen LogP contribution < -0.4 is 10.9 Å². The van der Waals surface area contributed by atoms with E-state index in [0.29, 0.717) is 17.0 Å². The third-order valence-corrected chi connectivity index (χ3v) is 6.52. The molecule has 0 saturated heterocycles. The van der Waals surface area contributed by atoms with Gasteiger partial charge in [0.05, 0.1) is 11.6 Å². The Morgan fingerprint density at radius 1 is 1.03 bits per heavy atom. The first-order valence-corrected chi connectivity index (χ1v) is 11.8. The van der Waals surface area contributed by atoms with Crippen LogP contribution in [0.15, 0.2) is 65.6 Å². The Balaban J connectivity index is 1.48. The third kappa shape index (κ3) is 5.23. The standard InChI is InChI=1S/C27H29ClN4O2/c1-18(9-10-21-7-5-4-6-8-21)30-25(33)17-32-27(34)26-20(3)31(19(2)24(26)15-29-32)16-22-11-13-23(28)14-12-22/h4-8,11-15,18H,9-10,16-17H2,1-3H3,(H,30,33)/t18-/m0/s1. The predicted octanol–water partition coefficient (Wildman–Crippen LogP) is 4.65. The molecular weight excluding hydrogens is 448 g/mol. The smallest absolute Gasteiger partial charge is 0.276 e. The molecule has 0 aliphatic rings. The fourth-order valence-corrected chi connectivity index (χ4v) is 4.45. The normalized spacial score (nSPS) is 12.1. The molecule has 0 aliphatic carbocycles. The van der Waals surface area contributed by atoms with E-state index in [4.69, 9.17) is 11.6 Å². The van der Waals surface area contributed by atoms with Gasteiger partial charge >= 0.3 is 0 Å². The zero-order valence-corrected chi connectivity index (χ0v) is 20.5. The molecule has 0 radical (unpaired) electrons. The number of nitrogens with zero attached hydrogens (tertiary/aromatic N) is 3. The van der Waals surface area contributed by atoms with Crippen LogP contribution in [0, 0.1) is 13.8 Å². The maximum Gasteiger partial charge on any atom is 0.276 e. The second-order valence-electron chi connectivity index (χ2n) is 8.77. The van der Waals surface area contributed by atoms with Crippen LogP contribution in [0.5, 0.6) is 0 Å². The van der Waals surface area contributed by atoms with Crippen molar-refractivity contribution >= 4 is 28.3 Å². The topological polar surface area (TPSA) is 68.9 Å². The molecule has 0 bridgehead atoms. The Bertz CT molecular complexity index is 1360. The summed E-state index contributed by atoms with van der Waals surface area (Å²) in [6, 6.07) is 17.9. The van der Waals surface area contributed by atoms with E-state index >= 15 is 0 Å². The Morgan fingerprint density at radius 2 is 1.74 bits per heavy atom. The van der Waals surface area contributed by atoms with Crippen LogP contribution in [-0.2, 0) is 24.3 Å². The van der Waals surface area contributed by atoms with Gasteiger partial charge in [-0.25, -0.2) is 4.68 Å². The number of hydrogen-bond donors (Lipinski definition) is 1. The van der Waals surface area contributed by atoms with Crippen LogP contribution in [0.1, 0.15) is 35.9 Å². The minimum Gasteiger partial charge on any atom is -0.352 e. The number of nitrogens with one attached hydrogen (secondary N) is 1. The molecular formula is C27H29ClN4O2. The molecule has 2 aromatic carbocycles. The average molecular weight is 477 g/mol.